The van der Waals surface area contributed by atoms with Gasteiger partial charge in [0, 0.05) is 37.7 Å². The lowest BCUT2D eigenvalue weighted by Gasteiger charge is -2.29. The van der Waals surface area contributed by atoms with Crippen LogP contribution in [0.2, 0.25) is 0 Å². The van der Waals surface area contributed by atoms with Crippen molar-refractivity contribution in [1.29, 1.82) is 0 Å². The number of ether oxygens (including phenoxy) is 1. The highest BCUT2D eigenvalue weighted by atomic mass is 32.2. The van der Waals surface area contributed by atoms with Gasteiger partial charge in [0.25, 0.3) is 0 Å². The Morgan fingerprint density at radius 2 is 2.03 bits per heavy atom. The molecule has 2 aliphatic heterocycles. The monoisotopic (exact) mass is 497 g/mol. The highest BCUT2D eigenvalue weighted by Crippen LogP contribution is 2.36. The van der Waals surface area contributed by atoms with Crippen molar-refractivity contribution >= 4 is 34.2 Å². The Bertz CT molecular complexity index is 1180. The fraction of sp³-hybridized carbons (Fsp3) is 0.542. The number of amides is 1. The third kappa shape index (κ3) is 5.14. The molecule has 2 aromatic heterocycles. The second-order valence-corrected chi connectivity index (χ2v) is 11.5. The summed E-state index contributed by atoms with van der Waals surface area (Å²) in [6.07, 6.45) is 10.4. The molecule has 0 saturated heterocycles. The maximum absolute atomic E-state index is 12.7. The molecule has 1 fully saturated rings. The van der Waals surface area contributed by atoms with Gasteiger partial charge in [-0.1, -0.05) is 12.5 Å². The Morgan fingerprint density at radius 3 is 2.66 bits per heavy atom. The molecule has 0 aromatic carbocycles. The van der Waals surface area contributed by atoms with Crippen molar-refractivity contribution in [2.45, 2.75) is 62.3 Å². The van der Waals surface area contributed by atoms with E-state index in [1.54, 1.807) is 0 Å². The molecule has 1 amide bonds. The number of carbonyl (C=O) groups is 1. The fourth-order valence-corrected chi connectivity index (χ4v) is 5.83. The van der Waals surface area contributed by atoms with E-state index in [2.05, 4.69) is 26.3 Å². The maximum Gasteiger partial charge on any atom is 0.404 e. The number of nitrogens with zero attached hydrogens (tertiary/aromatic N) is 5. The highest BCUT2D eigenvalue weighted by molar-refractivity contribution is 7.85. The third-order valence-corrected chi connectivity index (χ3v) is 8.19. The summed E-state index contributed by atoms with van der Waals surface area (Å²) in [5.41, 5.74) is 7.64. The van der Waals surface area contributed by atoms with Gasteiger partial charge in [0.2, 0.25) is 5.95 Å². The van der Waals surface area contributed by atoms with Crippen molar-refractivity contribution in [3.8, 4) is 0 Å². The number of anilines is 2. The largest absolute Gasteiger partial charge is 0.447 e. The van der Waals surface area contributed by atoms with Crippen molar-refractivity contribution in [3.05, 3.63) is 35.6 Å². The number of carbonyl (C=O) groups excluding carboxylic acids is 1. The SMILES string of the molecule is CC(C)(COC(N)=O)Nc1nc(N2CC=C(c3ncc(C4CCC4)cn3)CC2)nc2c1[S@@](=O)CC2. The molecule has 2 aromatic rings. The van der Waals surface area contributed by atoms with E-state index in [1.165, 1.54) is 24.8 Å². The molecule has 3 N–H and O–H groups in total. The van der Waals surface area contributed by atoms with Gasteiger partial charge in [0.15, 0.2) is 5.82 Å². The second kappa shape index (κ2) is 9.52. The number of hydrogen-bond acceptors (Lipinski definition) is 9. The van der Waals surface area contributed by atoms with Crippen LogP contribution >= 0.6 is 0 Å². The molecule has 0 bridgehead atoms. The molecule has 4 heterocycles. The topological polar surface area (TPSA) is 136 Å². The Labute approximate surface area is 207 Å². The van der Waals surface area contributed by atoms with Crippen LogP contribution in [0.25, 0.3) is 5.57 Å². The number of aryl methyl sites for hydroxylation is 1. The van der Waals surface area contributed by atoms with Crippen molar-refractivity contribution in [2.24, 2.45) is 5.73 Å². The van der Waals surface area contributed by atoms with Crippen LogP contribution in [0.1, 0.15) is 62.5 Å². The Hall–Kier alpha value is -3.08. The number of rotatable bonds is 7. The molecule has 0 radical (unpaired) electrons. The van der Waals surface area contributed by atoms with Gasteiger partial charge in [0.1, 0.15) is 17.3 Å². The van der Waals surface area contributed by atoms with Crippen LogP contribution in [-0.4, -0.2) is 61.2 Å². The molecule has 11 heteroatoms. The van der Waals surface area contributed by atoms with Crippen LogP contribution in [0, 0.1) is 0 Å². The smallest absolute Gasteiger partial charge is 0.404 e. The lowest BCUT2D eigenvalue weighted by atomic mass is 9.81. The number of fused-ring (bicyclic) bond motifs is 1. The Balaban J connectivity index is 1.34. The van der Waals surface area contributed by atoms with E-state index >= 15 is 0 Å². The molecular weight excluding hydrogens is 466 g/mol. The summed E-state index contributed by atoms with van der Waals surface area (Å²) in [6, 6.07) is 0. The van der Waals surface area contributed by atoms with Gasteiger partial charge >= 0.3 is 6.09 Å². The lowest BCUT2D eigenvalue weighted by molar-refractivity contribution is 0.138. The molecule has 3 aliphatic rings. The van der Waals surface area contributed by atoms with Gasteiger partial charge < -0.3 is 20.7 Å². The first-order valence-electron chi connectivity index (χ1n) is 12.0. The van der Waals surface area contributed by atoms with E-state index < -0.39 is 22.4 Å². The molecule has 1 atom stereocenters. The average molecular weight is 498 g/mol. The van der Waals surface area contributed by atoms with Gasteiger partial charge in [-0.25, -0.2) is 19.7 Å². The normalized spacial score (nSPS) is 20.1. The first-order chi connectivity index (χ1) is 16.8. The first-order valence-corrected chi connectivity index (χ1v) is 13.4. The summed E-state index contributed by atoms with van der Waals surface area (Å²) >= 11 is 0. The summed E-state index contributed by atoms with van der Waals surface area (Å²) in [5, 5.41) is 3.30. The Kier molecular flexibility index (Phi) is 6.43. The van der Waals surface area contributed by atoms with Gasteiger partial charge in [0.05, 0.1) is 22.0 Å². The van der Waals surface area contributed by atoms with E-state index in [0.717, 1.165) is 30.1 Å². The Morgan fingerprint density at radius 1 is 1.26 bits per heavy atom. The van der Waals surface area contributed by atoms with E-state index in [-0.39, 0.29) is 6.61 Å². The van der Waals surface area contributed by atoms with Gasteiger partial charge in [-0.15, -0.1) is 0 Å². The number of nitrogens with two attached hydrogens (primary N) is 1. The van der Waals surface area contributed by atoms with Crippen LogP contribution in [0.3, 0.4) is 0 Å². The second-order valence-electron chi connectivity index (χ2n) is 9.96. The molecule has 0 spiro atoms. The van der Waals surface area contributed by atoms with Gasteiger partial charge in [-0.3, -0.25) is 4.21 Å². The molecule has 10 nitrogen and oxygen atoms in total. The minimum atomic E-state index is -1.17. The van der Waals surface area contributed by atoms with E-state index in [9.17, 15) is 9.00 Å². The van der Waals surface area contributed by atoms with Crippen LogP contribution < -0.4 is 16.0 Å². The predicted molar refractivity (Wildman–Crippen MR) is 134 cm³/mol. The van der Waals surface area contributed by atoms with Crippen molar-refractivity contribution in [1.82, 2.24) is 19.9 Å². The minimum Gasteiger partial charge on any atom is -0.447 e. The van der Waals surface area contributed by atoms with Crippen LogP contribution in [0.4, 0.5) is 16.6 Å². The minimum absolute atomic E-state index is 0.0540. The summed E-state index contributed by atoms with van der Waals surface area (Å²) in [6.45, 7) is 5.16. The van der Waals surface area contributed by atoms with Gasteiger partial charge in [-0.05, 0) is 50.2 Å². The van der Waals surface area contributed by atoms with Crippen LogP contribution in [0.5, 0.6) is 0 Å². The molecule has 35 heavy (non-hydrogen) atoms. The molecular formula is C24H31N7O3S. The first kappa shape index (κ1) is 23.7. The quantitative estimate of drug-likeness (QED) is 0.591. The van der Waals surface area contributed by atoms with Crippen molar-refractivity contribution in [2.75, 3.05) is 35.7 Å². The third-order valence-electron chi connectivity index (χ3n) is 6.74. The molecule has 1 saturated carbocycles. The molecule has 186 valence electrons. The van der Waals surface area contributed by atoms with Crippen LogP contribution in [0.15, 0.2) is 23.4 Å². The standard InChI is InChI=1S/C24H31N7O3S/c1-24(2,14-34-22(25)32)30-21-19-18(8-11-35(19)33)28-23(29-21)31-9-6-16(7-10-31)20-26-12-17(13-27-20)15-4-3-5-15/h6,12-13,15H,3-5,7-11,14H2,1-2H3,(H2,25,32)(H,28,29,30)/t35-/m0/s1. The predicted octanol–water partition coefficient (Wildman–Crippen LogP) is 2.78. The summed E-state index contributed by atoms with van der Waals surface area (Å²) < 4.78 is 17.6. The van der Waals surface area contributed by atoms with Crippen molar-refractivity contribution < 1.29 is 13.7 Å². The number of primary amides is 1. The molecule has 0 unspecified atom stereocenters. The lowest BCUT2D eigenvalue weighted by Crippen LogP contribution is -2.39. The molecule has 5 rings (SSSR count). The van der Waals surface area contributed by atoms with E-state index in [1.807, 2.05) is 26.2 Å². The van der Waals surface area contributed by atoms with Crippen molar-refractivity contribution in [3.63, 3.8) is 0 Å². The van der Waals surface area contributed by atoms with E-state index in [0.29, 0.717) is 41.3 Å². The summed E-state index contributed by atoms with van der Waals surface area (Å²) in [4.78, 5) is 32.6. The number of nitrogens with one attached hydrogen (secondary N) is 1. The molecule has 1 aliphatic carbocycles. The van der Waals surface area contributed by atoms with Crippen LogP contribution in [-0.2, 0) is 22.0 Å². The zero-order valence-electron chi connectivity index (χ0n) is 20.1. The number of hydrogen-bond donors (Lipinski definition) is 2. The maximum atomic E-state index is 12.7. The fourth-order valence-electron chi connectivity index (χ4n) is 4.53. The van der Waals surface area contributed by atoms with Gasteiger partial charge in [-0.2, -0.15) is 4.98 Å². The van der Waals surface area contributed by atoms with E-state index in [4.69, 9.17) is 20.4 Å². The average Bonchev–Trinajstić information content (AvgIpc) is 3.18. The zero-order chi connectivity index (χ0) is 24.6. The summed E-state index contributed by atoms with van der Waals surface area (Å²) in [5.74, 6) is 3.05. The zero-order valence-corrected chi connectivity index (χ0v) is 20.9. The summed E-state index contributed by atoms with van der Waals surface area (Å²) in [7, 11) is -1.17. The highest BCUT2D eigenvalue weighted by Gasteiger charge is 2.31. The number of aromatic nitrogens is 4.